The van der Waals surface area contributed by atoms with E-state index in [-0.39, 0.29) is 13.2 Å². The molecule has 8 heteroatoms. The standard InChI is InChI=1S/C21H18ClN3O4/c22-17-10-14(8-9-19(17)28-12-20(23)26)11-24-25-21(27)13-29-18-7-3-5-15-4-1-2-6-16(15)18/h1-11H,12-13H2,(H2,23,26)(H,25,27). The normalized spacial score (nSPS) is 10.8. The van der Waals surface area contributed by atoms with Gasteiger partial charge in [-0.2, -0.15) is 5.10 Å². The van der Waals surface area contributed by atoms with Gasteiger partial charge >= 0.3 is 0 Å². The molecule has 0 saturated carbocycles. The Morgan fingerprint density at radius 1 is 1.00 bits per heavy atom. The van der Waals surface area contributed by atoms with Gasteiger partial charge in [0, 0.05) is 5.39 Å². The van der Waals surface area contributed by atoms with Crippen LogP contribution in [-0.4, -0.2) is 31.2 Å². The van der Waals surface area contributed by atoms with E-state index >= 15 is 0 Å². The fourth-order valence-corrected chi connectivity index (χ4v) is 2.78. The molecule has 29 heavy (non-hydrogen) atoms. The average molecular weight is 412 g/mol. The van der Waals surface area contributed by atoms with Crippen LogP contribution < -0.4 is 20.6 Å². The fourth-order valence-electron chi connectivity index (χ4n) is 2.54. The van der Waals surface area contributed by atoms with Gasteiger partial charge < -0.3 is 15.2 Å². The molecular weight excluding hydrogens is 394 g/mol. The maximum atomic E-state index is 12.0. The van der Waals surface area contributed by atoms with E-state index in [1.54, 1.807) is 18.2 Å². The van der Waals surface area contributed by atoms with E-state index < -0.39 is 11.8 Å². The minimum atomic E-state index is -0.597. The molecule has 0 radical (unpaired) electrons. The first-order valence-corrected chi connectivity index (χ1v) is 9.04. The van der Waals surface area contributed by atoms with Gasteiger partial charge in [-0.1, -0.05) is 48.0 Å². The van der Waals surface area contributed by atoms with Gasteiger partial charge in [-0.3, -0.25) is 9.59 Å². The molecule has 0 spiro atoms. The lowest BCUT2D eigenvalue weighted by Gasteiger charge is -2.08. The Hall–Kier alpha value is -3.58. The number of nitrogens with two attached hydrogens (primary N) is 1. The topological polar surface area (TPSA) is 103 Å². The van der Waals surface area contributed by atoms with Crippen LogP contribution in [0.2, 0.25) is 5.02 Å². The van der Waals surface area contributed by atoms with Crippen molar-refractivity contribution in [1.82, 2.24) is 5.43 Å². The van der Waals surface area contributed by atoms with Gasteiger partial charge in [-0.15, -0.1) is 0 Å². The molecule has 0 fully saturated rings. The number of halogens is 1. The summed E-state index contributed by atoms with van der Waals surface area (Å²) in [6.45, 7) is -0.439. The highest BCUT2D eigenvalue weighted by Gasteiger charge is 2.06. The molecule has 3 aromatic carbocycles. The number of hydrogen-bond donors (Lipinski definition) is 2. The summed E-state index contributed by atoms with van der Waals surface area (Å²) in [5, 5.41) is 6.14. The summed E-state index contributed by atoms with van der Waals surface area (Å²) >= 11 is 6.07. The maximum Gasteiger partial charge on any atom is 0.277 e. The first-order valence-electron chi connectivity index (χ1n) is 8.66. The fraction of sp³-hybridized carbons (Fsp3) is 0.0952. The second-order valence-corrected chi connectivity index (χ2v) is 6.41. The van der Waals surface area contributed by atoms with Crippen LogP contribution in [0.25, 0.3) is 10.8 Å². The zero-order chi connectivity index (χ0) is 20.6. The lowest BCUT2D eigenvalue weighted by atomic mass is 10.1. The molecule has 0 bridgehead atoms. The number of carbonyl (C=O) groups excluding carboxylic acids is 2. The number of primary amides is 1. The molecule has 3 rings (SSSR count). The number of ether oxygens (including phenoxy) is 2. The van der Waals surface area contributed by atoms with Crippen LogP contribution in [0.5, 0.6) is 11.5 Å². The third kappa shape index (κ3) is 5.70. The van der Waals surface area contributed by atoms with Gasteiger partial charge in [0.2, 0.25) is 0 Å². The summed E-state index contributed by atoms with van der Waals surface area (Å²) in [5.74, 6) is -0.0440. The van der Waals surface area contributed by atoms with Crippen LogP contribution in [0, 0.1) is 0 Å². The molecule has 0 aliphatic carbocycles. The van der Waals surface area contributed by atoms with Gasteiger partial charge in [0.05, 0.1) is 11.2 Å². The number of hydrazone groups is 1. The van der Waals surface area contributed by atoms with Crippen molar-refractivity contribution in [2.24, 2.45) is 10.8 Å². The Bertz CT molecular complexity index is 1060. The van der Waals surface area contributed by atoms with Crippen molar-refractivity contribution < 1.29 is 19.1 Å². The predicted molar refractivity (Wildman–Crippen MR) is 111 cm³/mol. The number of rotatable bonds is 8. The van der Waals surface area contributed by atoms with Gasteiger partial charge in [0.1, 0.15) is 11.5 Å². The van der Waals surface area contributed by atoms with E-state index in [0.29, 0.717) is 22.1 Å². The van der Waals surface area contributed by atoms with Crippen LogP contribution in [0.3, 0.4) is 0 Å². The molecule has 0 aliphatic rings. The Morgan fingerprint density at radius 2 is 1.76 bits per heavy atom. The number of carbonyl (C=O) groups is 2. The minimum absolute atomic E-state index is 0.175. The first-order chi connectivity index (χ1) is 14.0. The van der Waals surface area contributed by atoms with E-state index in [1.807, 2.05) is 42.5 Å². The minimum Gasteiger partial charge on any atom is -0.483 e. The molecule has 3 N–H and O–H groups in total. The van der Waals surface area contributed by atoms with E-state index in [0.717, 1.165) is 10.8 Å². The molecule has 2 amide bonds. The van der Waals surface area contributed by atoms with E-state index in [2.05, 4.69) is 10.5 Å². The van der Waals surface area contributed by atoms with Crippen LogP contribution in [0.15, 0.2) is 65.8 Å². The van der Waals surface area contributed by atoms with Crippen LogP contribution in [0.4, 0.5) is 0 Å². The number of nitrogens with one attached hydrogen (secondary N) is 1. The largest absolute Gasteiger partial charge is 0.483 e. The molecule has 0 aromatic heterocycles. The summed E-state index contributed by atoms with van der Waals surface area (Å²) in [7, 11) is 0. The second-order valence-electron chi connectivity index (χ2n) is 6.00. The number of amides is 2. The van der Waals surface area contributed by atoms with Gasteiger partial charge in [-0.25, -0.2) is 5.43 Å². The molecule has 0 aliphatic heterocycles. The zero-order valence-electron chi connectivity index (χ0n) is 15.3. The third-order valence-electron chi connectivity index (χ3n) is 3.84. The molecule has 0 heterocycles. The Morgan fingerprint density at radius 3 is 2.55 bits per heavy atom. The lowest BCUT2D eigenvalue weighted by Crippen LogP contribution is -2.24. The van der Waals surface area contributed by atoms with E-state index in [1.165, 1.54) is 6.21 Å². The van der Waals surface area contributed by atoms with Gasteiger partial charge in [0.25, 0.3) is 11.8 Å². The first kappa shape index (κ1) is 20.2. The molecule has 0 saturated heterocycles. The van der Waals surface area contributed by atoms with Crippen molar-refractivity contribution >= 4 is 40.4 Å². The molecule has 0 atom stereocenters. The number of benzene rings is 3. The Labute approximate surface area is 172 Å². The highest BCUT2D eigenvalue weighted by atomic mass is 35.5. The van der Waals surface area contributed by atoms with Gasteiger partial charge in [0.15, 0.2) is 13.2 Å². The highest BCUT2D eigenvalue weighted by Crippen LogP contribution is 2.25. The molecule has 0 unspecified atom stereocenters. The van der Waals surface area contributed by atoms with Crippen LogP contribution in [-0.2, 0) is 9.59 Å². The predicted octanol–water partition coefficient (Wildman–Crippen LogP) is 2.89. The van der Waals surface area contributed by atoms with Crippen LogP contribution >= 0.6 is 11.6 Å². The second kappa shape index (κ2) is 9.57. The van der Waals surface area contributed by atoms with Crippen molar-refractivity contribution in [3.63, 3.8) is 0 Å². The van der Waals surface area contributed by atoms with Crippen LogP contribution in [0.1, 0.15) is 5.56 Å². The number of hydrogen-bond acceptors (Lipinski definition) is 5. The van der Waals surface area contributed by atoms with E-state index in [9.17, 15) is 9.59 Å². The average Bonchev–Trinajstić information content (AvgIpc) is 2.71. The van der Waals surface area contributed by atoms with Crippen molar-refractivity contribution in [1.29, 1.82) is 0 Å². The van der Waals surface area contributed by atoms with Crippen molar-refractivity contribution in [2.75, 3.05) is 13.2 Å². The molecule has 3 aromatic rings. The van der Waals surface area contributed by atoms with Crippen molar-refractivity contribution in [3.8, 4) is 11.5 Å². The number of nitrogens with zero attached hydrogens (tertiary/aromatic N) is 1. The highest BCUT2D eigenvalue weighted by molar-refractivity contribution is 6.32. The third-order valence-corrected chi connectivity index (χ3v) is 4.13. The quantitative estimate of drug-likeness (QED) is 0.439. The summed E-state index contributed by atoms with van der Waals surface area (Å²) in [5.41, 5.74) is 8.05. The van der Waals surface area contributed by atoms with Gasteiger partial charge in [-0.05, 0) is 35.2 Å². The van der Waals surface area contributed by atoms with E-state index in [4.69, 9.17) is 26.8 Å². The summed E-state index contributed by atoms with van der Waals surface area (Å²) in [6.07, 6.45) is 1.43. The maximum absolute atomic E-state index is 12.0. The summed E-state index contributed by atoms with van der Waals surface area (Å²) in [4.78, 5) is 22.7. The SMILES string of the molecule is NC(=O)COc1ccc(C=NNC(=O)COc2cccc3ccccc23)cc1Cl. The zero-order valence-corrected chi connectivity index (χ0v) is 16.1. The molecule has 148 valence electrons. The lowest BCUT2D eigenvalue weighted by molar-refractivity contribution is -0.123. The molecule has 7 nitrogen and oxygen atoms in total. The summed E-state index contributed by atoms with van der Waals surface area (Å²) < 4.78 is 10.8. The van der Waals surface area contributed by atoms with Crippen molar-refractivity contribution in [3.05, 3.63) is 71.2 Å². The summed E-state index contributed by atoms with van der Waals surface area (Å²) in [6, 6.07) is 18.2. The van der Waals surface area contributed by atoms with Crippen molar-refractivity contribution in [2.45, 2.75) is 0 Å². The Balaban J connectivity index is 1.53. The monoisotopic (exact) mass is 411 g/mol. The Kier molecular flexibility index (Phi) is 6.65. The smallest absolute Gasteiger partial charge is 0.277 e. The molecular formula is C21H18ClN3O4. The number of fused-ring (bicyclic) bond motifs is 1.